The lowest BCUT2D eigenvalue weighted by atomic mass is 9.81. The van der Waals surface area contributed by atoms with Gasteiger partial charge < -0.3 is 14.9 Å². The molecule has 2 aromatic heterocycles. The zero-order valence-electron chi connectivity index (χ0n) is 20.4. The van der Waals surface area contributed by atoms with Crippen molar-refractivity contribution in [3.8, 4) is 5.69 Å². The number of carbonyl (C=O) groups excluding carboxylic acids is 1. The van der Waals surface area contributed by atoms with Crippen LogP contribution in [0.2, 0.25) is 0 Å². The molecule has 3 aromatic rings. The highest BCUT2D eigenvalue weighted by molar-refractivity contribution is 6.02. The number of nitrogens with zero attached hydrogens (tertiary/aromatic N) is 5. The van der Waals surface area contributed by atoms with E-state index in [-0.39, 0.29) is 5.78 Å². The number of piperidine rings is 1. The van der Waals surface area contributed by atoms with Crippen LogP contribution in [-0.2, 0) is 0 Å². The van der Waals surface area contributed by atoms with Gasteiger partial charge in [0, 0.05) is 25.6 Å². The quantitative estimate of drug-likeness (QED) is 0.519. The van der Waals surface area contributed by atoms with E-state index in [1.54, 1.807) is 0 Å². The molecule has 1 saturated carbocycles. The van der Waals surface area contributed by atoms with Gasteiger partial charge in [-0.15, -0.1) is 0 Å². The second kappa shape index (κ2) is 9.70. The third-order valence-electron chi connectivity index (χ3n) is 8.24. The fraction of sp³-hybridized carbons (Fsp3) is 0.536. The van der Waals surface area contributed by atoms with Crippen LogP contribution in [0.5, 0.6) is 0 Å². The van der Waals surface area contributed by atoms with Crippen molar-refractivity contribution in [1.82, 2.24) is 19.7 Å². The topological polar surface area (TPSA) is 74.5 Å². The van der Waals surface area contributed by atoms with E-state index >= 15 is 0 Å². The van der Waals surface area contributed by atoms with E-state index in [1.807, 2.05) is 41.1 Å². The molecule has 6 rings (SSSR count). The van der Waals surface area contributed by atoms with Gasteiger partial charge in [-0.3, -0.25) is 4.79 Å². The lowest BCUT2D eigenvalue weighted by Gasteiger charge is -2.36. The van der Waals surface area contributed by atoms with E-state index in [9.17, 15) is 9.90 Å². The monoisotopic (exact) mass is 473 g/mol. The van der Waals surface area contributed by atoms with Crippen LogP contribution in [0.4, 0.5) is 5.69 Å². The van der Waals surface area contributed by atoms with Gasteiger partial charge in [-0.1, -0.05) is 24.6 Å². The van der Waals surface area contributed by atoms with Crippen molar-refractivity contribution in [2.45, 2.75) is 50.9 Å². The van der Waals surface area contributed by atoms with E-state index in [1.165, 1.54) is 38.9 Å². The molecule has 7 heteroatoms. The van der Waals surface area contributed by atoms with E-state index in [4.69, 9.17) is 10.1 Å². The zero-order chi connectivity index (χ0) is 23.8. The highest BCUT2D eigenvalue weighted by atomic mass is 16.3. The van der Waals surface area contributed by atoms with Crippen molar-refractivity contribution in [1.29, 1.82) is 0 Å². The lowest BCUT2D eigenvalue weighted by Crippen LogP contribution is -2.38. The van der Waals surface area contributed by atoms with Crippen molar-refractivity contribution in [3.63, 3.8) is 0 Å². The maximum absolute atomic E-state index is 12.6. The number of hydrogen-bond donors (Lipinski definition) is 1. The molecule has 35 heavy (non-hydrogen) atoms. The Hall–Kier alpha value is -2.77. The Morgan fingerprint density at radius 1 is 0.971 bits per heavy atom. The minimum atomic E-state index is -0.537. The summed E-state index contributed by atoms with van der Waals surface area (Å²) in [6.45, 7) is 5.14. The summed E-state index contributed by atoms with van der Waals surface area (Å²) in [5.74, 6) is 0.830. The molecule has 0 radical (unpaired) electrons. The van der Waals surface area contributed by atoms with Crippen LogP contribution in [0.1, 0.15) is 67.0 Å². The van der Waals surface area contributed by atoms with Crippen LogP contribution in [0, 0.1) is 5.92 Å². The first kappa shape index (κ1) is 22.7. The summed E-state index contributed by atoms with van der Waals surface area (Å²) < 4.78 is 1.90. The van der Waals surface area contributed by atoms with Crippen molar-refractivity contribution in [3.05, 3.63) is 47.8 Å². The molecule has 0 amide bonds. The number of likely N-dealkylation sites (tertiary alicyclic amines) is 1. The number of carbonyl (C=O) groups is 1. The van der Waals surface area contributed by atoms with Gasteiger partial charge in [0.2, 0.25) is 5.78 Å². The molecular weight excluding hydrogens is 438 g/mol. The molecule has 2 saturated heterocycles. The van der Waals surface area contributed by atoms with Crippen molar-refractivity contribution < 1.29 is 9.90 Å². The summed E-state index contributed by atoms with van der Waals surface area (Å²) >= 11 is 0. The van der Waals surface area contributed by atoms with E-state index in [2.05, 4.69) is 9.80 Å². The van der Waals surface area contributed by atoms with Gasteiger partial charge in [0.25, 0.3) is 0 Å². The van der Waals surface area contributed by atoms with Gasteiger partial charge in [-0.05, 0) is 75.7 Å². The molecule has 3 fully saturated rings. The highest BCUT2D eigenvalue weighted by Crippen LogP contribution is 2.43. The van der Waals surface area contributed by atoms with Gasteiger partial charge >= 0.3 is 0 Å². The first-order chi connectivity index (χ1) is 17.2. The number of fused-ring (bicyclic) bond motifs is 1. The summed E-state index contributed by atoms with van der Waals surface area (Å²) in [5.41, 5.74) is 4.17. The molecule has 3 aliphatic rings. The lowest BCUT2D eigenvalue weighted by molar-refractivity contribution is 0.0899. The largest absolute Gasteiger partial charge is 0.388 e. The predicted molar refractivity (Wildman–Crippen MR) is 137 cm³/mol. The summed E-state index contributed by atoms with van der Waals surface area (Å²) in [6, 6.07) is 12.0. The van der Waals surface area contributed by atoms with E-state index in [0.29, 0.717) is 11.6 Å². The first-order valence-electron chi connectivity index (χ1n) is 13.3. The second-order valence-corrected chi connectivity index (χ2v) is 10.5. The molecule has 1 aliphatic carbocycles. The van der Waals surface area contributed by atoms with Gasteiger partial charge in [0.05, 0.1) is 22.5 Å². The van der Waals surface area contributed by atoms with Crippen molar-refractivity contribution in [2.24, 2.45) is 5.92 Å². The van der Waals surface area contributed by atoms with Crippen molar-refractivity contribution in [2.75, 3.05) is 44.2 Å². The number of para-hydroxylation sites is 1. The van der Waals surface area contributed by atoms with E-state index in [0.717, 1.165) is 72.8 Å². The predicted octanol–water partition coefficient (Wildman–Crippen LogP) is 4.18. The number of ketones is 1. The number of aliphatic hydroxyl groups excluding tert-OH is 1. The summed E-state index contributed by atoms with van der Waals surface area (Å²) in [7, 11) is 0. The minimum Gasteiger partial charge on any atom is -0.388 e. The smallest absolute Gasteiger partial charge is 0.206 e. The third kappa shape index (κ3) is 4.36. The molecule has 1 N–H and O–H groups in total. The fourth-order valence-corrected chi connectivity index (χ4v) is 6.00. The number of Topliss-reactive ketones (excluding diaryl/α,β-unsaturated/α-hetero) is 1. The Morgan fingerprint density at radius 2 is 1.71 bits per heavy atom. The molecule has 184 valence electrons. The average molecular weight is 474 g/mol. The maximum Gasteiger partial charge on any atom is 0.206 e. The van der Waals surface area contributed by atoms with Gasteiger partial charge in [-0.2, -0.15) is 5.10 Å². The highest BCUT2D eigenvalue weighted by Gasteiger charge is 2.31. The Bertz CT molecular complexity index is 1190. The van der Waals surface area contributed by atoms with Crippen LogP contribution in [0.15, 0.2) is 36.4 Å². The summed E-state index contributed by atoms with van der Waals surface area (Å²) in [5, 5.41) is 15.8. The molecule has 1 aromatic carbocycles. The number of pyridine rings is 1. The van der Waals surface area contributed by atoms with Crippen molar-refractivity contribution >= 4 is 22.5 Å². The first-order valence-corrected chi connectivity index (χ1v) is 13.3. The fourth-order valence-electron chi connectivity index (χ4n) is 6.00. The van der Waals surface area contributed by atoms with Gasteiger partial charge in [0.1, 0.15) is 12.3 Å². The standard InChI is InChI=1S/C28H35N5O2/c34-19-25(35)23-17-24(32-15-11-20(12-16-32)18-31-13-4-5-14-31)26-27(21-7-6-8-21)30-33(28(26)29-23)22-9-2-1-3-10-22/h1-3,9-10,17,20-21,34H,4-8,11-16,18-19H2. The number of rotatable bonds is 7. The molecule has 7 nitrogen and oxygen atoms in total. The number of aromatic nitrogens is 3. The van der Waals surface area contributed by atoms with Crippen LogP contribution in [0.3, 0.4) is 0 Å². The summed E-state index contributed by atoms with van der Waals surface area (Å²) in [4.78, 5) is 22.5. The molecule has 4 heterocycles. The zero-order valence-corrected chi connectivity index (χ0v) is 20.4. The number of anilines is 1. The van der Waals surface area contributed by atoms with Crippen LogP contribution in [-0.4, -0.2) is 69.9 Å². The van der Waals surface area contributed by atoms with Gasteiger partial charge in [-0.25, -0.2) is 9.67 Å². The molecule has 0 bridgehead atoms. The molecular formula is C28H35N5O2. The molecule has 2 aliphatic heterocycles. The number of benzene rings is 1. The normalized spacial score (nSPS) is 20.0. The van der Waals surface area contributed by atoms with Crippen LogP contribution in [0.25, 0.3) is 16.7 Å². The Kier molecular flexibility index (Phi) is 6.29. The number of aliphatic hydroxyl groups is 1. The summed E-state index contributed by atoms with van der Waals surface area (Å²) in [6.07, 6.45) is 8.53. The van der Waals surface area contributed by atoms with Gasteiger partial charge in [0.15, 0.2) is 5.65 Å². The second-order valence-electron chi connectivity index (χ2n) is 10.5. The molecule has 0 atom stereocenters. The van der Waals surface area contributed by atoms with E-state index < -0.39 is 6.61 Å². The number of hydrogen-bond acceptors (Lipinski definition) is 6. The average Bonchev–Trinajstić information content (AvgIpc) is 3.51. The Morgan fingerprint density at radius 3 is 2.37 bits per heavy atom. The van der Waals surface area contributed by atoms with Crippen LogP contribution >= 0.6 is 0 Å². The third-order valence-corrected chi connectivity index (χ3v) is 8.24. The molecule has 0 spiro atoms. The maximum atomic E-state index is 12.6. The molecule has 0 unspecified atom stereocenters. The Balaban J connectivity index is 1.40. The Labute approximate surface area is 206 Å². The van der Waals surface area contributed by atoms with Crippen LogP contribution < -0.4 is 4.90 Å². The SMILES string of the molecule is O=C(CO)c1cc(N2CCC(CN3CCCC3)CC2)c2c(C3CCC3)nn(-c3ccccc3)c2n1. The minimum absolute atomic E-state index is 0.325.